The summed E-state index contributed by atoms with van der Waals surface area (Å²) in [6.45, 7) is 7.27. The third-order valence-electron chi connectivity index (χ3n) is 7.57. The van der Waals surface area contributed by atoms with Gasteiger partial charge in [-0.05, 0) is 86.5 Å². The van der Waals surface area contributed by atoms with Gasteiger partial charge < -0.3 is 4.90 Å². The fourth-order valence-electron chi connectivity index (χ4n) is 5.68. The average molecular weight is 464 g/mol. The second-order valence-corrected chi connectivity index (χ2v) is 9.90. The first-order chi connectivity index (χ1) is 16.3. The lowest BCUT2D eigenvalue weighted by Gasteiger charge is -2.33. The van der Waals surface area contributed by atoms with Crippen LogP contribution in [0.4, 0.5) is 4.39 Å². The number of benzene rings is 2. The summed E-state index contributed by atoms with van der Waals surface area (Å²) in [6, 6.07) is 8.74. The fourth-order valence-corrected chi connectivity index (χ4v) is 5.68. The zero-order valence-corrected chi connectivity index (χ0v) is 19.7. The standard InChI is InChI=1S/C27H30FN3O3/c1-16-3-4-19(17(2)11-16)14-30-9-7-18(8-10-30)21-12-20(28)13-22-23(21)15-31(27(22)34)24-5-6-25(32)29-26(24)33/h3-4,11-13,18,24H,5-10,14-15H2,1-2H3,(H,29,32,33). The van der Waals surface area contributed by atoms with Crippen molar-refractivity contribution in [1.82, 2.24) is 15.1 Å². The Morgan fingerprint density at radius 1 is 1.03 bits per heavy atom. The molecule has 0 spiro atoms. The van der Waals surface area contributed by atoms with E-state index in [0.29, 0.717) is 18.5 Å². The molecule has 34 heavy (non-hydrogen) atoms. The molecular formula is C27H30FN3O3. The minimum atomic E-state index is -0.687. The van der Waals surface area contributed by atoms with Crippen LogP contribution in [0.2, 0.25) is 0 Å². The maximum atomic E-state index is 14.6. The number of piperidine rings is 2. The summed E-state index contributed by atoms with van der Waals surface area (Å²) in [5.74, 6) is -1.32. The summed E-state index contributed by atoms with van der Waals surface area (Å²) in [5, 5.41) is 2.32. The summed E-state index contributed by atoms with van der Waals surface area (Å²) in [7, 11) is 0. The van der Waals surface area contributed by atoms with Gasteiger partial charge in [-0.1, -0.05) is 23.8 Å². The van der Waals surface area contributed by atoms with Crippen LogP contribution in [0.15, 0.2) is 30.3 Å². The fraction of sp³-hybridized carbons (Fsp3) is 0.444. The molecule has 0 aromatic heterocycles. The molecule has 0 saturated carbocycles. The highest BCUT2D eigenvalue weighted by Gasteiger charge is 2.41. The minimum Gasteiger partial charge on any atom is -0.322 e. The number of carbonyl (C=O) groups is 3. The van der Waals surface area contributed by atoms with Crippen LogP contribution in [0.25, 0.3) is 0 Å². The molecule has 2 fully saturated rings. The number of hydrogen-bond donors (Lipinski definition) is 1. The second-order valence-electron chi connectivity index (χ2n) is 9.90. The topological polar surface area (TPSA) is 69.7 Å². The van der Waals surface area contributed by atoms with Crippen molar-refractivity contribution in [3.8, 4) is 0 Å². The average Bonchev–Trinajstić information content (AvgIpc) is 3.12. The number of carbonyl (C=O) groups excluding carboxylic acids is 3. The minimum absolute atomic E-state index is 0.175. The lowest BCUT2D eigenvalue weighted by atomic mass is 9.85. The molecule has 2 saturated heterocycles. The van der Waals surface area contributed by atoms with Crippen molar-refractivity contribution in [1.29, 1.82) is 0 Å². The molecule has 1 unspecified atom stereocenters. The third-order valence-corrected chi connectivity index (χ3v) is 7.57. The van der Waals surface area contributed by atoms with E-state index in [4.69, 9.17) is 0 Å². The summed E-state index contributed by atoms with van der Waals surface area (Å²) in [6.07, 6.45) is 2.30. The van der Waals surface area contributed by atoms with Crippen molar-refractivity contribution < 1.29 is 18.8 Å². The molecule has 0 radical (unpaired) electrons. The number of halogens is 1. The lowest BCUT2D eigenvalue weighted by molar-refractivity contribution is -0.136. The van der Waals surface area contributed by atoms with E-state index in [9.17, 15) is 18.8 Å². The molecule has 1 atom stereocenters. The van der Waals surface area contributed by atoms with Gasteiger partial charge in [-0.3, -0.25) is 24.6 Å². The van der Waals surface area contributed by atoms with Gasteiger partial charge in [0, 0.05) is 25.1 Å². The number of aryl methyl sites for hydroxylation is 2. The Labute approximate surface area is 199 Å². The summed E-state index contributed by atoms with van der Waals surface area (Å²) in [4.78, 5) is 40.9. The van der Waals surface area contributed by atoms with E-state index < -0.39 is 17.8 Å². The zero-order valence-electron chi connectivity index (χ0n) is 19.7. The summed E-state index contributed by atoms with van der Waals surface area (Å²) in [5.41, 5.74) is 5.99. The molecule has 5 rings (SSSR count). The van der Waals surface area contributed by atoms with Crippen molar-refractivity contribution in [3.63, 3.8) is 0 Å². The number of likely N-dealkylation sites (tertiary alicyclic amines) is 1. The molecule has 1 N–H and O–H groups in total. The number of fused-ring (bicyclic) bond motifs is 1. The highest BCUT2D eigenvalue weighted by atomic mass is 19.1. The molecule has 3 aliphatic rings. The first-order valence-electron chi connectivity index (χ1n) is 12.1. The third kappa shape index (κ3) is 4.25. The molecule has 6 nitrogen and oxygen atoms in total. The van der Waals surface area contributed by atoms with Gasteiger partial charge in [0.15, 0.2) is 0 Å². The van der Waals surface area contributed by atoms with Gasteiger partial charge in [-0.25, -0.2) is 4.39 Å². The Morgan fingerprint density at radius 2 is 1.79 bits per heavy atom. The molecule has 0 aliphatic carbocycles. The van der Waals surface area contributed by atoms with Crippen molar-refractivity contribution >= 4 is 17.7 Å². The molecule has 2 aromatic rings. The van der Waals surface area contributed by atoms with Crippen molar-refractivity contribution in [3.05, 3.63) is 69.5 Å². The number of hydrogen-bond acceptors (Lipinski definition) is 4. The molecule has 0 bridgehead atoms. The van der Waals surface area contributed by atoms with Crippen LogP contribution in [-0.4, -0.2) is 46.7 Å². The van der Waals surface area contributed by atoms with Crippen LogP contribution in [0.5, 0.6) is 0 Å². The van der Waals surface area contributed by atoms with Crippen LogP contribution in [0.3, 0.4) is 0 Å². The predicted octanol–water partition coefficient (Wildman–Crippen LogP) is 3.58. The van der Waals surface area contributed by atoms with E-state index >= 15 is 0 Å². The van der Waals surface area contributed by atoms with Crippen LogP contribution < -0.4 is 5.32 Å². The van der Waals surface area contributed by atoms with Gasteiger partial charge in [0.1, 0.15) is 11.9 Å². The Balaban J connectivity index is 1.31. The van der Waals surface area contributed by atoms with Crippen molar-refractivity contribution in [2.24, 2.45) is 0 Å². The zero-order chi connectivity index (χ0) is 24.0. The molecular weight excluding hydrogens is 433 g/mol. The van der Waals surface area contributed by atoms with Crippen LogP contribution in [0, 0.1) is 19.7 Å². The van der Waals surface area contributed by atoms with Gasteiger partial charge >= 0.3 is 0 Å². The van der Waals surface area contributed by atoms with Crippen molar-refractivity contribution in [2.75, 3.05) is 13.1 Å². The molecule has 3 amide bonds. The van der Waals surface area contributed by atoms with Gasteiger partial charge in [0.05, 0.1) is 0 Å². The molecule has 3 heterocycles. The number of imide groups is 1. The van der Waals surface area contributed by atoms with E-state index in [-0.39, 0.29) is 24.2 Å². The SMILES string of the molecule is Cc1ccc(CN2CCC(c3cc(F)cc4c3CN(C3CCC(=O)NC3=O)C4=O)CC2)c(C)c1. The van der Waals surface area contributed by atoms with Crippen LogP contribution in [0.1, 0.15) is 69.8 Å². The first kappa shape index (κ1) is 22.7. The van der Waals surface area contributed by atoms with Gasteiger partial charge in [0.2, 0.25) is 11.8 Å². The van der Waals surface area contributed by atoms with E-state index in [0.717, 1.165) is 43.6 Å². The molecule has 178 valence electrons. The Morgan fingerprint density at radius 3 is 2.50 bits per heavy atom. The van der Waals surface area contributed by atoms with Crippen LogP contribution >= 0.6 is 0 Å². The number of nitrogens with zero attached hydrogens (tertiary/aromatic N) is 2. The predicted molar refractivity (Wildman–Crippen MR) is 126 cm³/mol. The maximum absolute atomic E-state index is 14.6. The number of nitrogens with one attached hydrogen (secondary N) is 1. The van der Waals surface area contributed by atoms with E-state index in [1.807, 2.05) is 0 Å². The van der Waals surface area contributed by atoms with Crippen LogP contribution in [-0.2, 0) is 22.7 Å². The van der Waals surface area contributed by atoms with E-state index in [2.05, 4.69) is 42.3 Å². The van der Waals surface area contributed by atoms with Gasteiger partial charge in [-0.2, -0.15) is 0 Å². The Hall–Kier alpha value is -3.06. The first-order valence-corrected chi connectivity index (χ1v) is 12.1. The summed E-state index contributed by atoms with van der Waals surface area (Å²) < 4.78 is 14.6. The Bertz CT molecular complexity index is 1170. The quantitative estimate of drug-likeness (QED) is 0.704. The molecule has 3 aliphatic heterocycles. The van der Waals surface area contributed by atoms with Gasteiger partial charge in [0.25, 0.3) is 5.91 Å². The summed E-state index contributed by atoms with van der Waals surface area (Å²) >= 11 is 0. The van der Waals surface area contributed by atoms with Gasteiger partial charge in [-0.15, -0.1) is 0 Å². The van der Waals surface area contributed by atoms with E-state index in [1.54, 1.807) is 6.07 Å². The largest absolute Gasteiger partial charge is 0.322 e. The van der Waals surface area contributed by atoms with Crippen molar-refractivity contribution in [2.45, 2.75) is 64.6 Å². The smallest absolute Gasteiger partial charge is 0.255 e. The maximum Gasteiger partial charge on any atom is 0.255 e. The molecule has 7 heteroatoms. The number of rotatable bonds is 4. The normalized spacial score (nSPS) is 21.7. The Kier molecular flexibility index (Phi) is 5.98. The number of amides is 3. The highest BCUT2D eigenvalue weighted by molar-refractivity contribution is 6.05. The lowest BCUT2D eigenvalue weighted by Crippen LogP contribution is -2.52. The second kappa shape index (κ2) is 8.95. The highest BCUT2D eigenvalue weighted by Crippen LogP contribution is 2.38. The monoisotopic (exact) mass is 463 g/mol. The molecule has 2 aromatic carbocycles. The van der Waals surface area contributed by atoms with E-state index in [1.165, 1.54) is 27.7 Å².